The fourth-order valence-corrected chi connectivity index (χ4v) is 2.24. The monoisotopic (exact) mass is 299 g/mol. The van der Waals surface area contributed by atoms with Crippen LogP contribution in [0.3, 0.4) is 0 Å². The van der Waals surface area contributed by atoms with Crippen LogP contribution < -0.4 is 20.7 Å². The lowest BCUT2D eigenvalue weighted by Crippen LogP contribution is -2.04. The molecule has 0 radical (unpaired) electrons. The number of nitrogens with one attached hydrogen (secondary N) is 3. The summed E-state index contributed by atoms with van der Waals surface area (Å²) >= 11 is 0. The second-order valence-electron chi connectivity index (χ2n) is 4.75. The Morgan fingerprint density at radius 3 is 2.23 bits per heavy atom. The van der Waals surface area contributed by atoms with Crippen LogP contribution in [0.15, 0.2) is 36.4 Å². The van der Waals surface area contributed by atoms with Crippen molar-refractivity contribution >= 4 is 23.3 Å². The SMILES string of the molecule is CNc1cc(NC)c(OCc2ccccc2C=O)cc1NC. The van der Waals surface area contributed by atoms with E-state index in [1.54, 1.807) is 6.07 Å². The van der Waals surface area contributed by atoms with E-state index in [1.165, 1.54) is 0 Å². The van der Waals surface area contributed by atoms with Gasteiger partial charge in [0.15, 0.2) is 0 Å². The Bertz CT molecular complexity index is 656. The molecule has 0 bridgehead atoms. The van der Waals surface area contributed by atoms with E-state index < -0.39 is 0 Å². The third-order valence-electron chi connectivity index (χ3n) is 3.49. The van der Waals surface area contributed by atoms with Gasteiger partial charge in [0.2, 0.25) is 0 Å². The first kappa shape index (κ1) is 15.7. The number of ether oxygens (including phenoxy) is 1. The predicted molar refractivity (Wildman–Crippen MR) is 91.2 cm³/mol. The molecule has 0 saturated carbocycles. The van der Waals surface area contributed by atoms with E-state index in [0.29, 0.717) is 12.2 Å². The second-order valence-corrected chi connectivity index (χ2v) is 4.75. The predicted octanol–water partition coefficient (Wildman–Crippen LogP) is 3.20. The molecule has 2 rings (SSSR count). The number of hydrogen-bond donors (Lipinski definition) is 3. The Balaban J connectivity index is 2.27. The molecule has 2 aromatic carbocycles. The zero-order chi connectivity index (χ0) is 15.9. The van der Waals surface area contributed by atoms with E-state index in [4.69, 9.17) is 4.74 Å². The Morgan fingerprint density at radius 1 is 0.955 bits per heavy atom. The maximum absolute atomic E-state index is 11.1. The van der Waals surface area contributed by atoms with Crippen molar-refractivity contribution in [2.24, 2.45) is 0 Å². The Hall–Kier alpha value is -2.69. The van der Waals surface area contributed by atoms with Gasteiger partial charge in [-0.25, -0.2) is 0 Å². The summed E-state index contributed by atoms with van der Waals surface area (Å²) in [6.07, 6.45) is 0.848. The Morgan fingerprint density at radius 2 is 1.59 bits per heavy atom. The third kappa shape index (κ3) is 3.31. The lowest BCUT2D eigenvalue weighted by molar-refractivity contribution is 0.112. The summed E-state index contributed by atoms with van der Waals surface area (Å²) in [5.41, 5.74) is 4.32. The summed E-state index contributed by atoms with van der Waals surface area (Å²) in [6, 6.07) is 11.3. The highest BCUT2D eigenvalue weighted by atomic mass is 16.5. The van der Waals surface area contributed by atoms with Crippen LogP contribution in [0.25, 0.3) is 0 Å². The van der Waals surface area contributed by atoms with Crippen molar-refractivity contribution in [3.63, 3.8) is 0 Å². The van der Waals surface area contributed by atoms with Crippen LogP contribution in [0.1, 0.15) is 15.9 Å². The average molecular weight is 299 g/mol. The Kier molecular flexibility index (Phi) is 5.25. The van der Waals surface area contributed by atoms with Gasteiger partial charge < -0.3 is 20.7 Å². The van der Waals surface area contributed by atoms with Crippen molar-refractivity contribution < 1.29 is 9.53 Å². The minimum Gasteiger partial charge on any atom is -0.487 e. The molecule has 0 atom stereocenters. The number of anilines is 3. The van der Waals surface area contributed by atoms with Gasteiger partial charge in [0.25, 0.3) is 0 Å². The van der Waals surface area contributed by atoms with Crippen LogP contribution in [-0.2, 0) is 6.61 Å². The van der Waals surface area contributed by atoms with Crippen molar-refractivity contribution in [3.05, 3.63) is 47.5 Å². The molecule has 0 aromatic heterocycles. The minimum absolute atomic E-state index is 0.339. The summed E-state index contributed by atoms with van der Waals surface area (Å²) < 4.78 is 5.91. The summed E-state index contributed by atoms with van der Waals surface area (Å²) in [4.78, 5) is 11.1. The largest absolute Gasteiger partial charge is 0.487 e. The Labute approximate surface area is 130 Å². The first-order valence-corrected chi connectivity index (χ1v) is 7.10. The van der Waals surface area contributed by atoms with E-state index >= 15 is 0 Å². The summed E-state index contributed by atoms with van der Waals surface area (Å²) in [7, 11) is 5.58. The van der Waals surface area contributed by atoms with Crippen molar-refractivity contribution in [1.82, 2.24) is 0 Å². The summed E-state index contributed by atoms with van der Waals surface area (Å²) in [6.45, 7) is 0.339. The highest BCUT2D eigenvalue weighted by Crippen LogP contribution is 2.35. The zero-order valence-corrected chi connectivity index (χ0v) is 13.1. The molecule has 0 saturated heterocycles. The van der Waals surface area contributed by atoms with E-state index in [9.17, 15) is 4.79 Å². The molecule has 0 amide bonds. The molecule has 0 heterocycles. The standard InChI is InChI=1S/C17H21N3O2/c1-18-14-8-16(20-3)17(9-15(14)19-2)22-11-13-7-5-4-6-12(13)10-21/h4-10,18-20H,11H2,1-3H3. The van der Waals surface area contributed by atoms with Gasteiger partial charge in [0.05, 0.1) is 17.1 Å². The maximum Gasteiger partial charge on any atom is 0.150 e. The molecule has 0 aliphatic heterocycles. The van der Waals surface area contributed by atoms with Gasteiger partial charge >= 0.3 is 0 Å². The number of carbonyl (C=O) groups excluding carboxylic acids is 1. The molecule has 0 aliphatic rings. The highest BCUT2D eigenvalue weighted by molar-refractivity contribution is 5.78. The molecule has 5 nitrogen and oxygen atoms in total. The minimum atomic E-state index is 0.339. The molecule has 2 aromatic rings. The van der Waals surface area contributed by atoms with Crippen LogP contribution in [0.4, 0.5) is 17.1 Å². The fourth-order valence-electron chi connectivity index (χ4n) is 2.24. The molecule has 0 fully saturated rings. The van der Waals surface area contributed by atoms with Crippen molar-refractivity contribution in [1.29, 1.82) is 0 Å². The van der Waals surface area contributed by atoms with Gasteiger partial charge in [-0.1, -0.05) is 24.3 Å². The molecule has 5 heteroatoms. The van der Waals surface area contributed by atoms with Crippen molar-refractivity contribution in [3.8, 4) is 5.75 Å². The summed E-state index contributed by atoms with van der Waals surface area (Å²) in [5.74, 6) is 0.728. The fraction of sp³-hybridized carbons (Fsp3) is 0.235. The van der Waals surface area contributed by atoms with Gasteiger partial charge in [-0.15, -0.1) is 0 Å². The van der Waals surface area contributed by atoms with Gasteiger partial charge in [-0.05, 0) is 11.6 Å². The smallest absolute Gasteiger partial charge is 0.150 e. The molecule has 116 valence electrons. The first-order chi connectivity index (χ1) is 10.7. The van der Waals surface area contributed by atoms with Gasteiger partial charge in [0.1, 0.15) is 18.6 Å². The number of hydrogen-bond acceptors (Lipinski definition) is 5. The molecular formula is C17H21N3O2. The third-order valence-corrected chi connectivity index (χ3v) is 3.49. The van der Waals surface area contributed by atoms with Crippen LogP contribution >= 0.6 is 0 Å². The molecular weight excluding hydrogens is 278 g/mol. The van der Waals surface area contributed by atoms with E-state index in [2.05, 4.69) is 16.0 Å². The molecule has 0 unspecified atom stereocenters. The number of rotatable bonds is 7. The zero-order valence-electron chi connectivity index (χ0n) is 13.1. The maximum atomic E-state index is 11.1. The molecule has 0 aliphatic carbocycles. The van der Waals surface area contributed by atoms with Crippen LogP contribution in [0.5, 0.6) is 5.75 Å². The molecule has 22 heavy (non-hydrogen) atoms. The number of carbonyl (C=O) groups is 1. The number of aldehydes is 1. The average Bonchev–Trinajstić information content (AvgIpc) is 2.59. The van der Waals surface area contributed by atoms with Gasteiger partial charge in [-0.2, -0.15) is 0 Å². The van der Waals surface area contributed by atoms with Crippen molar-refractivity contribution in [2.75, 3.05) is 37.1 Å². The topological polar surface area (TPSA) is 62.4 Å². The van der Waals surface area contributed by atoms with Crippen LogP contribution in [0.2, 0.25) is 0 Å². The lowest BCUT2D eigenvalue weighted by Gasteiger charge is -2.17. The van der Waals surface area contributed by atoms with Crippen molar-refractivity contribution in [2.45, 2.75) is 6.61 Å². The molecule has 3 N–H and O–H groups in total. The van der Waals surface area contributed by atoms with E-state index in [0.717, 1.165) is 34.7 Å². The second kappa shape index (κ2) is 7.36. The van der Waals surface area contributed by atoms with Crippen LogP contribution in [-0.4, -0.2) is 27.4 Å². The van der Waals surface area contributed by atoms with Gasteiger partial charge in [0, 0.05) is 32.8 Å². The van der Waals surface area contributed by atoms with Gasteiger partial charge in [-0.3, -0.25) is 4.79 Å². The highest BCUT2D eigenvalue weighted by Gasteiger charge is 2.10. The molecule has 0 spiro atoms. The normalized spacial score (nSPS) is 9.95. The van der Waals surface area contributed by atoms with E-state index in [1.807, 2.05) is 51.5 Å². The van der Waals surface area contributed by atoms with Crippen LogP contribution in [0, 0.1) is 0 Å². The first-order valence-electron chi connectivity index (χ1n) is 7.10. The number of benzene rings is 2. The summed E-state index contributed by atoms with van der Waals surface area (Å²) in [5, 5.41) is 9.39. The van der Waals surface area contributed by atoms with E-state index in [-0.39, 0.29) is 0 Å². The lowest BCUT2D eigenvalue weighted by atomic mass is 10.1. The quantitative estimate of drug-likeness (QED) is 0.685.